The Kier molecular flexibility index (Phi) is 5.05. The van der Waals surface area contributed by atoms with Crippen molar-refractivity contribution >= 4 is 29.1 Å². The van der Waals surface area contributed by atoms with Crippen LogP contribution < -0.4 is 10.6 Å². The number of carbonyl (C=O) groups is 1. The molecular formula is C16H17ClN4O2. The number of rotatable bonds is 5. The van der Waals surface area contributed by atoms with Crippen molar-refractivity contribution in [1.82, 2.24) is 9.97 Å². The van der Waals surface area contributed by atoms with Crippen LogP contribution >= 0.6 is 11.6 Å². The molecule has 0 spiro atoms. The summed E-state index contributed by atoms with van der Waals surface area (Å²) in [5, 5.41) is 6.49. The number of hydrogen-bond acceptors (Lipinski definition) is 5. The van der Waals surface area contributed by atoms with E-state index in [0.29, 0.717) is 28.9 Å². The number of ether oxygens (including phenoxy) is 1. The number of nitrogens with zero attached hydrogens (tertiary/aromatic N) is 2. The monoisotopic (exact) mass is 332 g/mol. The average molecular weight is 333 g/mol. The SMILES string of the molecule is O=C(Nc1ccc(Cl)cc1)c1ccnc(NCC2CCCO2)n1. The van der Waals surface area contributed by atoms with Crippen molar-refractivity contribution in [2.75, 3.05) is 23.8 Å². The Morgan fingerprint density at radius 2 is 2.13 bits per heavy atom. The molecule has 0 radical (unpaired) electrons. The van der Waals surface area contributed by atoms with Gasteiger partial charge in [-0.25, -0.2) is 9.97 Å². The van der Waals surface area contributed by atoms with E-state index in [2.05, 4.69) is 20.6 Å². The molecule has 0 saturated carbocycles. The fraction of sp³-hybridized carbons (Fsp3) is 0.312. The van der Waals surface area contributed by atoms with Crippen molar-refractivity contribution in [3.63, 3.8) is 0 Å². The van der Waals surface area contributed by atoms with E-state index in [4.69, 9.17) is 16.3 Å². The van der Waals surface area contributed by atoms with Crippen molar-refractivity contribution in [1.29, 1.82) is 0 Å². The molecule has 0 aliphatic carbocycles. The molecule has 3 rings (SSSR count). The van der Waals surface area contributed by atoms with Crippen LogP contribution in [0, 0.1) is 0 Å². The van der Waals surface area contributed by atoms with Gasteiger partial charge >= 0.3 is 0 Å². The van der Waals surface area contributed by atoms with Crippen molar-refractivity contribution in [3.05, 3.63) is 47.2 Å². The number of benzene rings is 1. The van der Waals surface area contributed by atoms with Gasteiger partial charge in [-0.05, 0) is 43.2 Å². The standard InChI is InChI=1S/C16H17ClN4O2/c17-11-3-5-12(6-4-11)20-15(22)14-7-8-18-16(21-14)19-10-13-2-1-9-23-13/h3-8,13H,1-2,9-10H2,(H,20,22)(H,18,19,21). The lowest BCUT2D eigenvalue weighted by Crippen LogP contribution is -2.21. The molecule has 1 fully saturated rings. The lowest BCUT2D eigenvalue weighted by atomic mass is 10.2. The fourth-order valence-corrected chi connectivity index (χ4v) is 2.44. The van der Waals surface area contributed by atoms with Gasteiger partial charge in [-0.15, -0.1) is 0 Å². The minimum absolute atomic E-state index is 0.185. The summed E-state index contributed by atoms with van der Waals surface area (Å²) >= 11 is 5.82. The molecular weight excluding hydrogens is 316 g/mol. The summed E-state index contributed by atoms with van der Waals surface area (Å²) in [5.41, 5.74) is 0.955. The van der Waals surface area contributed by atoms with E-state index >= 15 is 0 Å². The van der Waals surface area contributed by atoms with Crippen LogP contribution in [0.5, 0.6) is 0 Å². The Hall–Kier alpha value is -2.18. The zero-order valence-electron chi connectivity index (χ0n) is 12.5. The molecule has 1 aliphatic heterocycles. The van der Waals surface area contributed by atoms with E-state index in [1.807, 2.05) is 0 Å². The number of nitrogens with one attached hydrogen (secondary N) is 2. The van der Waals surface area contributed by atoms with E-state index in [1.54, 1.807) is 36.5 Å². The van der Waals surface area contributed by atoms with Crippen LogP contribution in [0.1, 0.15) is 23.3 Å². The van der Waals surface area contributed by atoms with Gasteiger partial charge in [-0.2, -0.15) is 0 Å². The first-order valence-electron chi connectivity index (χ1n) is 7.46. The molecule has 6 nitrogen and oxygen atoms in total. The van der Waals surface area contributed by atoms with Crippen molar-refractivity contribution in [2.45, 2.75) is 18.9 Å². The summed E-state index contributed by atoms with van der Waals surface area (Å²) in [5.74, 6) is 0.124. The molecule has 1 unspecified atom stereocenters. The highest BCUT2D eigenvalue weighted by atomic mass is 35.5. The predicted octanol–water partition coefficient (Wildman–Crippen LogP) is 2.97. The minimum Gasteiger partial charge on any atom is -0.376 e. The van der Waals surface area contributed by atoms with Crippen LogP contribution in [-0.2, 0) is 4.74 Å². The molecule has 23 heavy (non-hydrogen) atoms. The highest BCUT2D eigenvalue weighted by molar-refractivity contribution is 6.30. The van der Waals surface area contributed by atoms with Crippen molar-refractivity contribution in [3.8, 4) is 0 Å². The normalized spacial score (nSPS) is 17.0. The quantitative estimate of drug-likeness (QED) is 0.880. The molecule has 0 bridgehead atoms. The summed E-state index contributed by atoms with van der Waals surface area (Å²) in [4.78, 5) is 20.6. The van der Waals surface area contributed by atoms with Gasteiger partial charge in [0.15, 0.2) is 0 Å². The predicted molar refractivity (Wildman–Crippen MR) is 88.9 cm³/mol. The van der Waals surface area contributed by atoms with E-state index < -0.39 is 0 Å². The molecule has 2 aromatic rings. The van der Waals surface area contributed by atoms with E-state index in [-0.39, 0.29) is 12.0 Å². The van der Waals surface area contributed by atoms with Crippen LogP contribution in [0.15, 0.2) is 36.5 Å². The van der Waals surface area contributed by atoms with Gasteiger partial charge in [0.25, 0.3) is 5.91 Å². The zero-order chi connectivity index (χ0) is 16.1. The van der Waals surface area contributed by atoms with Crippen LogP contribution in [0.2, 0.25) is 5.02 Å². The van der Waals surface area contributed by atoms with Gasteiger partial charge in [0.2, 0.25) is 5.95 Å². The van der Waals surface area contributed by atoms with Crippen molar-refractivity contribution in [2.24, 2.45) is 0 Å². The maximum Gasteiger partial charge on any atom is 0.274 e. The molecule has 1 aliphatic rings. The minimum atomic E-state index is -0.296. The lowest BCUT2D eigenvalue weighted by molar-refractivity contribution is 0.102. The highest BCUT2D eigenvalue weighted by Gasteiger charge is 2.16. The Morgan fingerprint density at radius 3 is 2.87 bits per heavy atom. The third kappa shape index (κ3) is 4.40. The number of anilines is 2. The summed E-state index contributed by atoms with van der Waals surface area (Å²) < 4.78 is 5.53. The molecule has 120 valence electrons. The maximum atomic E-state index is 12.2. The molecule has 1 atom stereocenters. The first-order chi connectivity index (χ1) is 11.2. The molecule has 1 aromatic heterocycles. The van der Waals surface area contributed by atoms with E-state index in [0.717, 1.165) is 19.4 Å². The molecule has 1 aromatic carbocycles. The third-order valence-electron chi connectivity index (χ3n) is 3.50. The van der Waals surface area contributed by atoms with E-state index in [9.17, 15) is 4.79 Å². The Labute approximate surface area is 139 Å². The second-order valence-electron chi connectivity index (χ2n) is 5.24. The Bertz CT molecular complexity index is 672. The molecule has 2 N–H and O–H groups in total. The van der Waals surface area contributed by atoms with Gasteiger partial charge in [0.05, 0.1) is 6.10 Å². The Morgan fingerprint density at radius 1 is 1.30 bits per heavy atom. The summed E-state index contributed by atoms with van der Waals surface area (Å²) in [6, 6.07) is 8.47. The average Bonchev–Trinajstić information content (AvgIpc) is 3.09. The fourth-order valence-electron chi connectivity index (χ4n) is 2.31. The second-order valence-corrected chi connectivity index (χ2v) is 5.68. The number of amides is 1. The van der Waals surface area contributed by atoms with Gasteiger partial charge in [0.1, 0.15) is 5.69 Å². The van der Waals surface area contributed by atoms with Gasteiger partial charge in [-0.1, -0.05) is 11.6 Å². The topological polar surface area (TPSA) is 76.1 Å². The van der Waals surface area contributed by atoms with Gasteiger partial charge < -0.3 is 15.4 Å². The summed E-state index contributed by atoms with van der Waals surface area (Å²) in [6.07, 6.45) is 3.85. The number of carbonyl (C=O) groups excluding carboxylic acids is 1. The van der Waals surface area contributed by atoms with Crippen LogP contribution in [0.4, 0.5) is 11.6 Å². The van der Waals surface area contributed by atoms with E-state index in [1.165, 1.54) is 0 Å². The Balaban J connectivity index is 1.61. The second kappa shape index (κ2) is 7.39. The third-order valence-corrected chi connectivity index (χ3v) is 3.75. The van der Waals surface area contributed by atoms with Crippen LogP contribution in [0.3, 0.4) is 0 Å². The molecule has 1 saturated heterocycles. The summed E-state index contributed by atoms with van der Waals surface area (Å²) in [7, 11) is 0. The first-order valence-corrected chi connectivity index (χ1v) is 7.84. The smallest absolute Gasteiger partial charge is 0.274 e. The summed E-state index contributed by atoms with van der Waals surface area (Å²) in [6.45, 7) is 1.44. The molecule has 2 heterocycles. The molecule has 7 heteroatoms. The van der Waals surface area contributed by atoms with Gasteiger partial charge in [-0.3, -0.25) is 4.79 Å². The van der Waals surface area contributed by atoms with Crippen molar-refractivity contribution < 1.29 is 9.53 Å². The van der Waals surface area contributed by atoms with Crippen LogP contribution in [-0.4, -0.2) is 35.1 Å². The zero-order valence-corrected chi connectivity index (χ0v) is 13.2. The highest BCUT2D eigenvalue weighted by Crippen LogP contribution is 2.15. The van der Waals surface area contributed by atoms with Crippen LogP contribution in [0.25, 0.3) is 0 Å². The number of hydrogen-bond donors (Lipinski definition) is 2. The molecule has 1 amide bonds. The maximum absolute atomic E-state index is 12.2. The number of aromatic nitrogens is 2. The number of halogens is 1. The largest absolute Gasteiger partial charge is 0.376 e. The lowest BCUT2D eigenvalue weighted by Gasteiger charge is -2.11. The first kappa shape index (κ1) is 15.7. The van der Waals surface area contributed by atoms with Gasteiger partial charge in [0, 0.05) is 30.1 Å².